The van der Waals surface area contributed by atoms with Crippen molar-refractivity contribution < 1.29 is 9.53 Å². The van der Waals surface area contributed by atoms with Gasteiger partial charge in [0.15, 0.2) is 0 Å². The van der Waals surface area contributed by atoms with Crippen LogP contribution in [0.2, 0.25) is 0 Å². The van der Waals surface area contributed by atoms with Gasteiger partial charge in [0.2, 0.25) is 0 Å². The van der Waals surface area contributed by atoms with Crippen molar-refractivity contribution in [3.63, 3.8) is 0 Å². The summed E-state index contributed by atoms with van der Waals surface area (Å²) in [6.45, 7) is 2.11. The maximum atomic E-state index is 11.5. The third-order valence-corrected chi connectivity index (χ3v) is 3.23. The molecule has 0 aliphatic heterocycles. The van der Waals surface area contributed by atoms with Gasteiger partial charge < -0.3 is 10.5 Å². The van der Waals surface area contributed by atoms with Crippen LogP contribution in [0.4, 0.5) is 5.69 Å². The van der Waals surface area contributed by atoms with Crippen LogP contribution in [0.15, 0.2) is 46.7 Å². The average Bonchev–Trinajstić information content (AvgIpc) is 2.42. The average molecular weight is 275 g/mol. The standard InChI is InChI=1S/C13H13N3O2S/c1-2-18-13(17)9-5-6-11(16-8-9)19-12-10(14)4-3-7-15-12/h3-8H,2,14H2,1H3. The molecule has 0 aliphatic rings. The highest BCUT2D eigenvalue weighted by atomic mass is 32.2. The molecule has 98 valence electrons. The highest BCUT2D eigenvalue weighted by molar-refractivity contribution is 7.99. The predicted molar refractivity (Wildman–Crippen MR) is 73.0 cm³/mol. The van der Waals surface area contributed by atoms with Gasteiger partial charge in [-0.1, -0.05) is 0 Å². The fourth-order valence-electron chi connectivity index (χ4n) is 1.36. The van der Waals surface area contributed by atoms with Gasteiger partial charge in [0.1, 0.15) is 10.1 Å². The molecule has 0 amide bonds. The lowest BCUT2D eigenvalue weighted by molar-refractivity contribution is 0.0525. The van der Waals surface area contributed by atoms with Gasteiger partial charge >= 0.3 is 5.97 Å². The highest BCUT2D eigenvalue weighted by Crippen LogP contribution is 2.28. The zero-order valence-electron chi connectivity index (χ0n) is 10.4. The molecule has 0 atom stereocenters. The number of carbonyl (C=O) groups excluding carboxylic acids is 1. The zero-order valence-corrected chi connectivity index (χ0v) is 11.2. The van der Waals surface area contributed by atoms with Crippen molar-refractivity contribution in [2.45, 2.75) is 17.0 Å². The van der Waals surface area contributed by atoms with E-state index in [9.17, 15) is 4.79 Å². The summed E-state index contributed by atoms with van der Waals surface area (Å²) in [7, 11) is 0. The van der Waals surface area contributed by atoms with E-state index in [1.165, 1.54) is 18.0 Å². The molecule has 6 heteroatoms. The largest absolute Gasteiger partial charge is 0.462 e. The van der Waals surface area contributed by atoms with E-state index in [0.29, 0.717) is 22.9 Å². The Morgan fingerprint density at radius 2 is 2.21 bits per heavy atom. The van der Waals surface area contributed by atoms with Crippen molar-refractivity contribution in [2.24, 2.45) is 0 Å². The van der Waals surface area contributed by atoms with Gasteiger partial charge in [-0.05, 0) is 43.0 Å². The number of nitrogens with two attached hydrogens (primary N) is 1. The second kappa shape index (κ2) is 6.19. The monoisotopic (exact) mass is 275 g/mol. The molecule has 2 N–H and O–H groups in total. The molecule has 2 rings (SSSR count). The maximum absolute atomic E-state index is 11.5. The van der Waals surface area contributed by atoms with Gasteiger partial charge in [-0.15, -0.1) is 0 Å². The van der Waals surface area contributed by atoms with Gasteiger partial charge in [-0.3, -0.25) is 0 Å². The van der Waals surface area contributed by atoms with Crippen molar-refractivity contribution in [3.05, 3.63) is 42.2 Å². The number of carbonyl (C=O) groups is 1. The number of pyridine rings is 2. The summed E-state index contributed by atoms with van der Waals surface area (Å²) in [5.74, 6) is -0.371. The first-order valence-corrected chi connectivity index (χ1v) is 6.54. The van der Waals surface area contributed by atoms with Crippen molar-refractivity contribution in [2.75, 3.05) is 12.3 Å². The lowest BCUT2D eigenvalue weighted by Gasteiger charge is -2.04. The Hall–Kier alpha value is -2.08. The molecular weight excluding hydrogens is 262 g/mol. The van der Waals surface area contributed by atoms with Crippen LogP contribution < -0.4 is 5.73 Å². The summed E-state index contributed by atoms with van der Waals surface area (Å²) < 4.78 is 4.89. The summed E-state index contributed by atoms with van der Waals surface area (Å²) in [5.41, 5.74) is 6.83. The van der Waals surface area contributed by atoms with Gasteiger partial charge in [0.25, 0.3) is 0 Å². The molecule has 0 saturated heterocycles. The number of aromatic nitrogens is 2. The van der Waals surface area contributed by atoms with Crippen LogP contribution in [0.5, 0.6) is 0 Å². The molecule has 2 aromatic rings. The normalized spacial score (nSPS) is 10.2. The van der Waals surface area contributed by atoms with Crippen LogP contribution in [0.3, 0.4) is 0 Å². The quantitative estimate of drug-likeness (QED) is 0.863. The zero-order chi connectivity index (χ0) is 13.7. The molecule has 5 nitrogen and oxygen atoms in total. The predicted octanol–water partition coefficient (Wildman–Crippen LogP) is 2.39. The van der Waals surface area contributed by atoms with E-state index in [2.05, 4.69) is 9.97 Å². The molecular formula is C13H13N3O2S. The van der Waals surface area contributed by atoms with Crippen molar-refractivity contribution in [1.29, 1.82) is 0 Å². The third-order valence-electron chi connectivity index (χ3n) is 2.25. The molecule has 0 aromatic carbocycles. The van der Waals surface area contributed by atoms with E-state index in [-0.39, 0.29) is 5.97 Å². The topological polar surface area (TPSA) is 78.1 Å². The summed E-state index contributed by atoms with van der Waals surface area (Å²) in [6.07, 6.45) is 3.16. The van der Waals surface area contributed by atoms with Gasteiger partial charge in [-0.2, -0.15) is 0 Å². The molecule has 2 heterocycles. The second-order valence-electron chi connectivity index (χ2n) is 3.61. The van der Waals surface area contributed by atoms with E-state index in [0.717, 1.165) is 5.03 Å². The summed E-state index contributed by atoms with van der Waals surface area (Å²) in [5, 5.41) is 1.41. The Morgan fingerprint density at radius 3 is 2.84 bits per heavy atom. The Morgan fingerprint density at radius 1 is 1.37 bits per heavy atom. The van der Waals surface area contributed by atoms with E-state index >= 15 is 0 Å². The van der Waals surface area contributed by atoms with E-state index < -0.39 is 0 Å². The van der Waals surface area contributed by atoms with Crippen LogP contribution in [0.1, 0.15) is 17.3 Å². The van der Waals surface area contributed by atoms with Gasteiger partial charge in [0, 0.05) is 12.4 Å². The van der Waals surface area contributed by atoms with E-state index in [4.69, 9.17) is 10.5 Å². The van der Waals surface area contributed by atoms with Crippen LogP contribution >= 0.6 is 11.8 Å². The van der Waals surface area contributed by atoms with Crippen molar-refractivity contribution in [3.8, 4) is 0 Å². The molecule has 0 spiro atoms. The first kappa shape index (κ1) is 13.4. The van der Waals surface area contributed by atoms with Crippen LogP contribution in [-0.4, -0.2) is 22.5 Å². The first-order valence-electron chi connectivity index (χ1n) is 5.72. The fraction of sp³-hybridized carbons (Fsp3) is 0.154. The number of ether oxygens (including phenoxy) is 1. The molecule has 0 unspecified atom stereocenters. The van der Waals surface area contributed by atoms with E-state index in [1.807, 2.05) is 0 Å². The van der Waals surface area contributed by atoms with Gasteiger partial charge in [0.05, 0.1) is 17.9 Å². The minimum absolute atomic E-state index is 0.347. The van der Waals surface area contributed by atoms with Crippen LogP contribution in [-0.2, 0) is 4.74 Å². The number of anilines is 1. The molecule has 2 aromatic heterocycles. The summed E-state index contributed by atoms with van der Waals surface area (Å²) in [4.78, 5) is 19.8. The minimum Gasteiger partial charge on any atom is -0.462 e. The SMILES string of the molecule is CCOC(=O)c1ccc(Sc2ncccc2N)nc1. The minimum atomic E-state index is -0.371. The highest BCUT2D eigenvalue weighted by Gasteiger charge is 2.08. The third kappa shape index (κ3) is 3.45. The van der Waals surface area contributed by atoms with Crippen molar-refractivity contribution in [1.82, 2.24) is 9.97 Å². The summed E-state index contributed by atoms with van der Waals surface area (Å²) in [6, 6.07) is 6.97. The second-order valence-corrected chi connectivity index (χ2v) is 4.61. The maximum Gasteiger partial charge on any atom is 0.339 e. The molecule has 0 radical (unpaired) electrons. The summed E-state index contributed by atoms with van der Waals surface area (Å²) >= 11 is 1.35. The smallest absolute Gasteiger partial charge is 0.339 e. The number of esters is 1. The molecule has 0 bridgehead atoms. The number of hydrogen-bond acceptors (Lipinski definition) is 6. The fourth-order valence-corrected chi connectivity index (χ4v) is 2.10. The van der Waals surface area contributed by atoms with E-state index in [1.54, 1.807) is 37.4 Å². The Bertz CT molecular complexity index is 572. The number of rotatable bonds is 4. The molecule has 0 fully saturated rings. The molecule has 0 aliphatic carbocycles. The van der Waals surface area contributed by atoms with Crippen LogP contribution in [0, 0.1) is 0 Å². The Kier molecular flexibility index (Phi) is 4.35. The number of hydrogen-bond donors (Lipinski definition) is 1. The Balaban J connectivity index is 2.11. The lowest BCUT2D eigenvalue weighted by Crippen LogP contribution is -2.04. The lowest BCUT2D eigenvalue weighted by atomic mass is 10.3. The number of nitrogen functional groups attached to an aromatic ring is 1. The number of nitrogens with zero attached hydrogens (tertiary/aromatic N) is 2. The van der Waals surface area contributed by atoms with Crippen molar-refractivity contribution >= 4 is 23.4 Å². The van der Waals surface area contributed by atoms with Crippen LogP contribution in [0.25, 0.3) is 0 Å². The molecule has 0 saturated carbocycles. The first-order chi connectivity index (χ1) is 9.20. The molecule has 19 heavy (non-hydrogen) atoms. The van der Waals surface area contributed by atoms with Gasteiger partial charge in [-0.25, -0.2) is 14.8 Å². The Labute approximate surface area is 115 Å².